The van der Waals surface area contributed by atoms with Crippen LogP contribution in [0.25, 0.3) is 0 Å². The van der Waals surface area contributed by atoms with Crippen molar-refractivity contribution in [2.75, 3.05) is 5.73 Å². The van der Waals surface area contributed by atoms with Crippen molar-refractivity contribution >= 4 is 17.4 Å². The van der Waals surface area contributed by atoms with Crippen molar-refractivity contribution in [3.63, 3.8) is 0 Å². The molecule has 4 heteroatoms. The van der Waals surface area contributed by atoms with Gasteiger partial charge in [-0.15, -0.1) is 0 Å². The van der Waals surface area contributed by atoms with Gasteiger partial charge in [0, 0.05) is 17.8 Å². The molecule has 1 aliphatic rings. The molecule has 0 saturated heterocycles. The molecule has 0 amide bonds. The summed E-state index contributed by atoms with van der Waals surface area (Å²) in [5.41, 5.74) is 13.2. The van der Waals surface area contributed by atoms with Crippen molar-refractivity contribution in [1.29, 1.82) is 0 Å². The third kappa shape index (κ3) is 2.96. The molecule has 1 aromatic rings. The molecule has 0 bridgehead atoms. The number of rotatable bonds is 3. The van der Waals surface area contributed by atoms with Gasteiger partial charge in [0.05, 0.1) is 5.02 Å². The van der Waals surface area contributed by atoms with Gasteiger partial charge >= 0.3 is 0 Å². The lowest BCUT2D eigenvalue weighted by Crippen LogP contribution is -2.27. The predicted octanol–water partition coefficient (Wildman–Crippen LogP) is 3.53. The second kappa shape index (κ2) is 5.89. The van der Waals surface area contributed by atoms with Crippen molar-refractivity contribution in [2.24, 2.45) is 17.6 Å². The molecule has 2 rings (SSSR count). The standard InChI is InChI=1S/C14H22ClN3/c1-2-9-3-5-10(6-4-9)13(16)12-7-11(15)8-18-14(12)17/h7-10,13H,2-6,16H2,1H3,(H2,17,18). The Labute approximate surface area is 114 Å². The molecular weight excluding hydrogens is 246 g/mol. The van der Waals surface area contributed by atoms with Crippen molar-refractivity contribution in [3.8, 4) is 0 Å². The monoisotopic (exact) mass is 267 g/mol. The van der Waals surface area contributed by atoms with E-state index in [1.807, 2.05) is 6.07 Å². The Hall–Kier alpha value is -0.800. The lowest BCUT2D eigenvalue weighted by atomic mass is 9.76. The zero-order valence-electron chi connectivity index (χ0n) is 10.9. The summed E-state index contributed by atoms with van der Waals surface area (Å²) in [6.45, 7) is 2.27. The lowest BCUT2D eigenvalue weighted by molar-refractivity contribution is 0.240. The molecule has 0 spiro atoms. The number of hydrogen-bond donors (Lipinski definition) is 2. The van der Waals surface area contributed by atoms with E-state index in [4.69, 9.17) is 23.1 Å². The van der Waals surface area contributed by atoms with Crippen LogP contribution >= 0.6 is 11.6 Å². The lowest BCUT2D eigenvalue weighted by Gasteiger charge is -2.32. The zero-order valence-corrected chi connectivity index (χ0v) is 11.7. The molecule has 1 saturated carbocycles. The van der Waals surface area contributed by atoms with Gasteiger partial charge in [-0.25, -0.2) is 4.98 Å². The molecule has 100 valence electrons. The van der Waals surface area contributed by atoms with Crippen LogP contribution in [0.1, 0.15) is 50.6 Å². The van der Waals surface area contributed by atoms with Crippen LogP contribution in [0.3, 0.4) is 0 Å². The van der Waals surface area contributed by atoms with Crippen molar-refractivity contribution in [1.82, 2.24) is 4.98 Å². The minimum Gasteiger partial charge on any atom is -0.383 e. The maximum Gasteiger partial charge on any atom is 0.128 e. The van der Waals surface area contributed by atoms with Crippen molar-refractivity contribution in [2.45, 2.75) is 45.1 Å². The zero-order chi connectivity index (χ0) is 13.1. The molecule has 0 radical (unpaired) electrons. The van der Waals surface area contributed by atoms with Crippen LogP contribution in [-0.2, 0) is 0 Å². The van der Waals surface area contributed by atoms with Gasteiger partial charge in [-0.05, 0) is 30.7 Å². The van der Waals surface area contributed by atoms with Gasteiger partial charge in [0.2, 0.25) is 0 Å². The molecule has 18 heavy (non-hydrogen) atoms. The fourth-order valence-electron chi connectivity index (χ4n) is 2.94. The summed E-state index contributed by atoms with van der Waals surface area (Å²) in [5.74, 6) is 1.91. The van der Waals surface area contributed by atoms with Gasteiger partial charge in [0.25, 0.3) is 0 Å². The highest BCUT2D eigenvalue weighted by Gasteiger charge is 2.27. The largest absolute Gasteiger partial charge is 0.383 e. The van der Waals surface area contributed by atoms with Crippen LogP contribution in [-0.4, -0.2) is 4.98 Å². The van der Waals surface area contributed by atoms with Gasteiger partial charge in [0.15, 0.2) is 0 Å². The van der Waals surface area contributed by atoms with Crippen LogP contribution < -0.4 is 11.5 Å². The summed E-state index contributed by atoms with van der Waals surface area (Å²) in [5, 5.41) is 0.608. The van der Waals surface area contributed by atoms with Gasteiger partial charge in [0.1, 0.15) is 5.82 Å². The summed E-state index contributed by atoms with van der Waals surface area (Å²) in [6, 6.07) is 1.83. The first-order valence-electron chi connectivity index (χ1n) is 6.78. The van der Waals surface area contributed by atoms with Crippen LogP contribution in [0.4, 0.5) is 5.82 Å². The third-order valence-electron chi connectivity index (χ3n) is 4.25. The van der Waals surface area contributed by atoms with Crippen LogP contribution in [0, 0.1) is 11.8 Å². The molecule has 1 unspecified atom stereocenters. The first-order chi connectivity index (χ1) is 8.61. The Bertz CT molecular complexity index is 400. The molecule has 1 aromatic heterocycles. The average Bonchev–Trinajstić information content (AvgIpc) is 2.41. The predicted molar refractivity (Wildman–Crippen MR) is 76.3 cm³/mol. The highest BCUT2D eigenvalue weighted by atomic mass is 35.5. The quantitative estimate of drug-likeness (QED) is 0.880. The SMILES string of the molecule is CCC1CCC(C(N)c2cc(Cl)cnc2N)CC1. The molecule has 0 aromatic carbocycles. The molecular formula is C14H22ClN3. The van der Waals surface area contributed by atoms with Crippen LogP contribution in [0.5, 0.6) is 0 Å². The summed E-state index contributed by atoms with van der Waals surface area (Å²) in [4.78, 5) is 4.09. The van der Waals surface area contributed by atoms with E-state index in [1.54, 1.807) is 6.20 Å². The van der Waals surface area contributed by atoms with Crippen molar-refractivity contribution < 1.29 is 0 Å². The van der Waals surface area contributed by atoms with E-state index < -0.39 is 0 Å². The number of hydrogen-bond acceptors (Lipinski definition) is 3. The van der Waals surface area contributed by atoms with Gasteiger partial charge in [-0.1, -0.05) is 37.8 Å². The van der Waals surface area contributed by atoms with Gasteiger partial charge in [-0.3, -0.25) is 0 Å². The first kappa shape index (κ1) is 13.6. The van der Waals surface area contributed by atoms with Crippen LogP contribution in [0.15, 0.2) is 12.3 Å². The fraction of sp³-hybridized carbons (Fsp3) is 0.643. The second-order valence-electron chi connectivity index (χ2n) is 5.34. The van der Waals surface area contributed by atoms with Gasteiger partial charge in [-0.2, -0.15) is 0 Å². The van der Waals surface area contributed by atoms with E-state index in [-0.39, 0.29) is 6.04 Å². The fourth-order valence-corrected chi connectivity index (χ4v) is 3.11. The number of aromatic nitrogens is 1. The molecule has 1 fully saturated rings. The molecule has 0 aliphatic heterocycles. The highest BCUT2D eigenvalue weighted by Crippen LogP contribution is 2.38. The summed E-state index contributed by atoms with van der Waals surface area (Å²) in [6.07, 6.45) is 7.78. The number of pyridine rings is 1. The third-order valence-corrected chi connectivity index (χ3v) is 4.46. The normalized spacial score (nSPS) is 25.9. The molecule has 4 N–H and O–H groups in total. The van der Waals surface area contributed by atoms with Crippen molar-refractivity contribution in [3.05, 3.63) is 22.8 Å². The maximum atomic E-state index is 6.35. The van der Waals surface area contributed by atoms with E-state index >= 15 is 0 Å². The minimum absolute atomic E-state index is 0.0333. The molecule has 1 aliphatic carbocycles. The van der Waals surface area contributed by atoms with E-state index in [2.05, 4.69) is 11.9 Å². The van der Waals surface area contributed by atoms with Crippen LogP contribution in [0.2, 0.25) is 5.02 Å². The topological polar surface area (TPSA) is 64.9 Å². The Morgan fingerprint density at radius 2 is 2.06 bits per heavy atom. The number of halogens is 1. The smallest absolute Gasteiger partial charge is 0.128 e. The summed E-state index contributed by atoms with van der Waals surface area (Å²) in [7, 11) is 0. The Morgan fingerprint density at radius 3 is 2.67 bits per heavy atom. The second-order valence-corrected chi connectivity index (χ2v) is 5.78. The van der Waals surface area contributed by atoms with E-state index in [9.17, 15) is 0 Å². The maximum absolute atomic E-state index is 6.35. The van der Waals surface area contributed by atoms with Gasteiger partial charge < -0.3 is 11.5 Å². The molecule has 1 atom stereocenters. The number of nitrogens with zero attached hydrogens (tertiary/aromatic N) is 1. The van der Waals surface area contributed by atoms with E-state index in [0.717, 1.165) is 11.5 Å². The summed E-state index contributed by atoms with van der Waals surface area (Å²) >= 11 is 5.97. The Morgan fingerprint density at radius 1 is 1.39 bits per heavy atom. The number of anilines is 1. The average molecular weight is 268 g/mol. The first-order valence-corrected chi connectivity index (χ1v) is 7.16. The minimum atomic E-state index is -0.0333. The number of nitrogens with two attached hydrogens (primary N) is 2. The summed E-state index contributed by atoms with van der Waals surface area (Å²) < 4.78 is 0. The number of nitrogen functional groups attached to an aromatic ring is 1. The Balaban J connectivity index is 2.07. The Kier molecular flexibility index (Phi) is 4.46. The van der Waals surface area contributed by atoms with E-state index in [0.29, 0.717) is 16.8 Å². The molecule has 3 nitrogen and oxygen atoms in total. The molecule has 1 heterocycles. The van der Waals surface area contributed by atoms with E-state index in [1.165, 1.54) is 32.1 Å². The highest BCUT2D eigenvalue weighted by molar-refractivity contribution is 6.30.